The maximum absolute atomic E-state index is 12.5. The quantitative estimate of drug-likeness (QED) is 0.818. The summed E-state index contributed by atoms with van der Waals surface area (Å²) in [6.07, 6.45) is 0.210. The Kier molecular flexibility index (Phi) is 3.66. The van der Waals surface area contributed by atoms with Crippen LogP contribution in [-0.2, 0) is 4.79 Å². The summed E-state index contributed by atoms with van der Waals surface area (Å²) in [5.41, 5.74) is 1.90. The van der Waals surface area contributed by atoms with Crippen LogP contribution in [0.25, 0.3) is 10.9 Å². The van der Waals surface area contributed by atoms with E-state index in [1.54, 1.807) is 0 Å². The van der Waals surface area contributed by atoms with Gasteiger partial charge < -0.3 is 10.1 Å². The molecule has 0 aliphatic carbocycles. The normalized spacial score (nSPS) is 11.8. The van der Waals surface area contributed by atoms with Crippen molar-refractivity contribution in [2.24, 2.45) is 5.41 Å². The third-order valence-corrected chi connectivity index (χ3v) is 3.44. The first-order chi connectivity index (χ1) is 9.30. The van der Waals surface area contributed by atoms with Gasteiger partial charge in [-0.05, 0) is 18.4 Å². The first-order valence-corrected chi connectivity index (χ1v) is 6.62. The molecule has 0 saturated heterocycles. The Balaban J connectivity index is 2.32. The molecule has 1 aromatic carbocycles. The molecule has 0 spiro atoms. The Morgan fingerprint density at radius 1 is 1.20 bits per heavy atom. The number of H-pyrrole nitrogens is 1. The number of hydrogen-bond donors (Lipinski definition) is 2. The molecule has 0 aliphatic heterocycles. The summed E-state index contributed by atoms with van der Waals surface area (Å²) < 4.78 is 0. The van der Waals surface area contributed by atoms with Gasteiger partial charge in [0.2, 0.25) is 0 Å². The number of hydrogen-bond acceptors (Lipinski definition) is 2. The molecule has 0 bridgehead atoms. The number of benzene rings is 1. The average Bonchev–Trinajstić information content (AvgIpc) is 2.61. The zero-order chi connectivity index (χ0) is 14.9. The maximum Gasteiger partial charge on any atom is 0.303 e. The third kappa shape index (κ3) is 2.90. The van der Waals surface area contributed by atoms with Gasteiger partial charge in [-0.2, -0.15) is 0 Å². The van der Waals surface area contributed by atoms with Crippen LogP contribution in [0.4, 0.5) is 0 Å². The van der Waals surface area contributed by atoms with Gasteiger partial charge in [-0.15, -0.1) is 0 Å². The van der Waals surface area contributed by atoms with Crippen LogP contribution in [0.3, 0.4) is 0 Å². The average molecular weight is 273 g/mol. The van der Waals surface area contributed by atoms with Crippen molar-refractivity contribution >= 4 is 22.7 Å². The van der Waals surface area contributed by atoms with E-state index in [-0.39, 0.29) is 18.6 Å². The molecule has 4 heteroatoms. The molecule has 0 aliphatic rings. The number of aromatic amines is 1. The number of para-hydroxylation sites is 1. The number of carbonyl (C=O) groups is 2. The second-order valence-electron chi connectivity index (χ2n) is 6.01. The molecule has 0 unspecified atom stereocenters. The molecule has 4 nitrogen and oxygen atoms in total. The second kappa shape index (κ2) is 5.12. The zero-order valence-corrected chi connectivity index (χ0v) is 12.0. The number of Topliss-reactive ketones (excluding diaryl/α,β-unsaturated/α-hetero) is 1. The minimum Gasteiger partial charge on any atom is -0.481 e. The summed E-state index contributed by atoms with van der Waals surface area (Å²) in [5, 5.41) is 9.81. The van der Waals surface area contributed by atoms with Crippen molar-refractivity contribution in [1.82, 2.24) is 4.98 Å². The monoisotopic (exact) mass is 273 g/mol. The Morgan fingerprint density at radius 3 is 2.50 bits per heavy atom. The number of aromatic nitrogens is 1. The fourth-order valence-electron chi connectivity index (χ4n) is 2.63. The molecular formula is C16H19NO3. The van der Waals surface area contributed by atoms with Crippen LogP contribution in [0.15, 0.2) is 24.3 Å². The Morgan fingerprint density at radius 2 is 1.85 bits per heavy atom. The highest BCUT2D eigenvalue weighted by Gasteiger charge is 2.27. The summed E-state index contributed by atoms with van der Waals surface area (Å²) in [5.74, 6) is -0.885. The highest BCUT2D eigenvalue weighted by Crippen LogP contribution is 2.30. The molecule has 106 valence electrons. The lowest BCUT2D eigenvalue weighted by Gasteiger charge is -2.21. The van der Waals surface area contributed by atoms with Crippen LogP contribution in [0.1, 0.15) is 42.7 Å². The number of ketones is 1. The molecule has 0 saturated carbocycles. The van der Waals surface area contributed by atoms with Gasteiger partial charge in [-0.3, -0.25) is 9.59 Å². The van der Waals surface area contributed by atoms with E-state index in [0.29, 0.717) is 5.56 Å². The van der Waals surface area contributed by atoms with E-state index in [0.717, 1.165) is 16.6 Å². The van der Waals surface area contributed by atoms with E-state index in [1.807, 2.05) is 45.0 Å². The molecule has 1 heterocycles. The Bertz CT molecular complexity index is 667. The third-order valence-electron chi connectivity index (χ3n) is 3.44. The molecule has 0 amide bonds. The number of fused-ring (bicyclic) bond motifs is 1. The number of rotatable bonds is 5. The zero-order valence-electron chi connectivity index (χ0n) is 12.0. The van der Waals surface area contributed by atoms with E-state index in [9.17, 15) is 9.59 Å². The van der Waals surface area contributed by atoms with Gasteiger partial charge in [-0.25, -0.2) is 0 Å². The first-order valence-electron chi connectivity index (χ1n) is 6.62. The summed E-state index contributed by atoms with van der Waals surface area (Å²) in [6.45, 7) is 5.49. The molecule has 0 radical (unpaired) electrons. The number of carboxylic acids is 1. The van der Waals surface area contributed by atoms with Gasteiger partial charge in [-0.1, -0.05) is 32.0 Å². The van der Waals surface area contributed by atoms with Gasteiger partial charge >= 0.3 is 5.97 Å². The Hall–Kier alpha value is -2.10. The van der Waals surface area contributed by atoms with E-state index in [4.69, 9.17) is 5.11 Å². The smallest absolute Gasteiger partial charge is 0.303 e. The number of nitrogens with one attached hydrogen (secondary N) is 1. The molecule has 2 rings (SSSR count). The number of aliphatic carboxylic acids is 1. The summed E-state index contributed by atoms with van der Waals surface area (Å²) in [7, 11) is 0. The van der Waals surface area contributed by atoms with E-state index < -0.39 is 11.4 Å². The van der Waals surface area contributed by atoms with Crippen molar-refractivity contribution in [3.8, 4) is 0 Å². The second-order valence-corrected chi connectivity index (χ2v) is 6.01. The van der Waals surface area contributed by atoms with Gasteiger partial charge in [0.1, 0.15) is 0 Å². The van der Waals surface area contributed by atoms with Crippen LogP contribution in [0, 0.1) is 12.3 Å². The van der Waals surface area contributed by atoms with Crippen LogP contribution in [-0.4, -0.2) is 21.8 Å². The van der Waals surface area contributed by atoms with E-state index in [1.165, 1.54) is 0 Å². The van der Waals surface area contributed by atoms with Crippen molar-refractivity contribution in [2.75, 3.05) is 0 Å². The number of carbonyl (C=O) groups excluding carboxylic acids is 1. The van der Waals surface area contributed by atoms with Crippen LogP contribution >= 0.6 is 0 Å². The van der Waals surface area contributed by atoms with E-state index >= 15 is 0 Å². The van der Waals surface area contributed by atoms with Gasteiger partial charge in [0, 0.05) is 28.6 Å². The predicted octanol–water partition coefficient (Wildman–Crippen LogP) is 3.55. The topological polar surface area (TPSA) is 70.2 Å². The first kappa shape index (κ1) is 14.3. The molecule has 2 N–H and O–H groups in total. The lowest BCUT2D eigenvalue weighted by Crippen LogP contribution is -2.21. The molecule has 2 aromatic rings. The fraction of sp³-hybridized carbons (Fsp3) is 0.375. The lowest BCUT2D eigenvalue weighted by molar-refractivity contribution is -0.139. The largest absolute Gasteiger partial charge is 0.481 e. The van der Waals surface area contributed by atoms with Crippen molar-refractivity contribution in [1.29, 1.82) is 0 Å². The summed E-state index contributed by atoms with van der Waals surface area (Å²) >= 11 is 0. The van der Waals surface area contributed by atoms with Crippen molar-refractivity contribution in [3.05, 3.63) is 35.5 Å². The lowest BCUT2D eigenvalue weighted by atomic mass is 9.82. The molecule has 1 aromatic heterocycles. The predicted molar refractivity (Wildman–Crippen MR) is 78.0 cm³/mol. The minimum absolute atomic E-state index is 0.00815. The standard InChI is InChI=1S/C16H19NO3/c1-10-15(11-6-4-5-7-12(11)17-10)13(18)8-16(2,3)9-14(19)20/h4-7,17H,8-9H2,1-3H3,(H,19,20). The number of carboxylic acid groups (broad SMARTS) is 1. The molecule has 20 heavy (non-hydrogen) atoms. The SMILES string of the molecule is Cc1[nH]c2ccccc2c1C(=O)CC(C)(C)CC(=O)O. The molecular weight excluding hydrogens is 254 g/mol. The van der Waals surface area contributed by atoms with Crippen LogP contribution in [0.5, 0.6) is 0 Å². The fourth-order valence-corrected chi connectivity index (χ4v) is 2.63. The summed E-state index contributed by atoms with van der Waals surface area (Å²) in [4.78, 5) is 26.6. The maximum atomic E-state index is 12.5. The molecule has 0 fully saturated rings. The highest BCUT2D eigenvalue weighted by atomic mass is 16.4. The van der Waals surface area contributed by atoms with Crippen molar-refractivity contribution in [3.63, 3.8) is 0 Å². The van der Waals surface area contributed by atoms with E-state index in [2.05, 4.69) is 4.98 Å². The minimum atomic E-state index is -0.876. The highest BCUT2D eigenvalue weighted by molar-refractivity contribution is 6.09. The van der Waals surface area contributed by atoms with Gasteiger partial charge in [0.15, 0.2) is 5.78 Å². The van der Waals surface area contributed by atoms with Crippen LogP contribution < -0.4 is 0 Å². The Labute approximate surface area is 117 Å². The number of aryl methyl sites for hydroxylation is 1. The van der Waals surface area contributed by atoms with Crippen molar-refractivity contribution < 1.29 is 14.7 Å². The van der Waals surface area contributed by atoms with Crippen LogP contribution in [0.2, 0.25) is 0 Å². The molecule has 0 atom stereocenters. The van der Waals surface area contributed by atoms with Gasteiger partial charge in [0.05, 0.1) is 6.42 Å². The van der Waals surface area contributed by atoms with Gasteiger partial charge in [0.25, 0.3) is 0 Å². The van der Waals surface area contributed by atoms with Crippen molar-refractivity contribution in [2.45, 2.75) is 33.6 Å². The summed E-state index contributed by atoms with van der Waals surface area (Å²) in [6, 6.07) is 7.66.